The molecule has 142 valence electrons. The Balaban J connectivity index is 2.12. The van der Waals surface area contributed by atoms with Gasteiger partial charge in [0.15, 0.2) is 10.8 Å². The van der Waals surface area contributed by atoms with Gasteiger partial charge in [-0.05, 0) is 36.6 Å². The average molecular weight is 397 g/mol. The quantitative estimate of drug-likeness (QED) is 0.581. The van der Waals surface area contributed by atoms with Crippen molar-refractivity contribution in [3.63, 3.8) is 0 Å². The molecule has 1 aromatic carbocycles. The number of aromatic nitrogens is 2. The Morgan fingerprint density at radius 1 is 1.15 bits per heavy atom. The van der Waals surface area contributed by atoms with E-state index in [0.717, 1.165) is 10.8 Å². The average Bonchev–Trinajstić information content (AvgIpc) is 2.54. The molecule has 4 nitrogen and oxygen atoms in total. The Morgan fingerprint density at radius 3 is 2.23 bits per heavy atom. The van der Waals surface area contributed by atoms with Gasteiger partial charge >= 0.3 is 0 Å². The summed E-state index contributed by atoms with van der Waals surface area (Å²) in [5.74, 6) is 0.244. The molecule has 0 amide bonds. The van der Waals surface area contributed by atoms with E-state index in [-0.39, 0.29) is 28.0 Å². The summed E-state index contributed by atoms with van der Waals surface area (Å²) in [7, 11) is -2.50. The highest BCUT2D eigenvalue weighted by molar-refractivity contribution is 6.69. The van der Waals surface area contributed by atoms with Gasteiger partial charge in [0.05, 0.1) is 11.7 Å². The summed E-state index contributed by atoms with van der Waals surface area (Å²) in [5.41, 5.74) is 0.0259. The Morgan fingerprint density at radius 2 is 1.73 bits per heavy atom. The van der Waals surface area contributed by atoms with Crippen molar-refractivity contribution in [2.45, 2.75) is 58.7 Å². The van der Waals surface area contributed by atoms with Gasteiger partial charge in [-0.15, -0.1) is 0 Å². The van der Waals surface area contributed by atoms with Crippen LogP contribution < -0.4 is 15.5 Å². The van der Waals surface area contributed by atoms with Crippen LogP contribution in [0.1, 0.15) is 47.1 Å². The molecule has 0 N–H and O–H groups in total. The molecule has 0 aliphatic rings. The highest BCUT2D eigenvalue weighted by Crippen LogP contribution is 2.27. The molecule has 0 saturated heterocycles. The monoisotopic (exact) mass is 396 g/mol. The van der Waals surface area contributed by atoms with Crippen LogP contribution in [0.5, 0.6) is 5.75 Å². The van der Waals surface area contributed by atoms with Gasteiger partial charge in [0.1, 0.15) is 6.61 Å². The van der Waals surface area contributed by atoms with E-state index in [1.54, 1.807) is 0 Å². The van der Waals surface area contributed by atoms with Crippen LogP contribution in [0.15, 0.2) is 35.3 Å². The number of nitrogens with zero attached hydrogens (tertiary/aromatic N) is 2. The molecule has 0 saturated carbocycles. The van der Waals surface area contributed by atoms with Crippen LogP contribution in [0, 0.1) is 0 Å². The lowest BCUT2D eigenvalue weighted by Gasteiger charge is -2.22. The van der Waals surface area contributed by atoms with Crippen LogP contribution in [-0.4, -0.2) is 18.9 Å². The largest absolute Gasteiger partial charge is 0.485 e. The molecule has 0 spiro atoms. The van der Waals surface area contributed by atoms with E-state index in [4.69, 9.17) is 16.3 Å². The van der Waals surface area contributed by atoms with E-state index in [0.29, 0.717) is 0 Å². The third-order valence-corrected chi connectivity index (χ3v) is 6.79. The summed E-state index contributed by atoms with van der Waals surface area (Å²) in [5, 5.41) is 4.61. The van der Waals surface area contributed by atoms with E-state index >= 15 is 0 Å². The van der Waals surface area contributed by atoms with E-state index in [1.165, 1.54) is 10.9 Å². The van der Waals surface area contributed by atoms with Crippen molar-refractivity contribution in [1.82, 2.24) is 9.78 Å². The van der Waals surface area contributed by atoms with Crippen molar-refractivity contribution in [3.05, 3.63) is 51.4 Å². The first-order chi connectivity index (χ1) is 11.9. The molecule has 0 fully saturated rings. The third-order valence-electron chi connectivity index (χ3n) is 3.95. The molecule has 0 aliphatic heterocycles. The fourth-order valence-electron chi connectivity index (χ4n) is 2.44. The van der Waals surface area contributed by atoms with Crippen molar-refractivity contribution in [1.29, 1.82) is 0 Å². The standard InChI is InChI=1S/C19H26ClFN2O2Si/c1-18(2,3)23-17(24)16(20)15(11-22-23)25-12-13-7-9-14(10-8-13)26(21)19(4,5)6/h7-11,26H,12H2,1-6H3. The topological polar surface area (TPSA) is 44.1 Å². The highest BCUT2D eigenvalue weighted by Gasteiger charge is 2.28. The Labute approximate surface area is 160 Å². The lowest BCUT2D eigenvalue weighted by Crippen LogP contribution is -2.36. The second kappa shape index (κ2) is 7.52. The molecular weight excluding hydrogens is 371 g/mol. The zero-order valence-electron chi connectivity index (χ0n) is 16.1. The van der Waals surface area contributed by atoms with Gasteiger partial charge in [-0.1, -0.05) is 56.6 Å². The van der Waals surface area contributed by atoms with Crippen molar-refractivity contribution in [2.24, 2.45) is 0 Å². The first-order valence-corrected chi connectivity index (χ1v) is 10.5. The first-order valence-electron chi connectivity index (χ1n) is 8.55. The highest BCUT2D eigenvalue weighted by atomic mass is 35.5. The fraction of sp³-hybridized carbons (Fsp3) is 0.474. The van der Waals surface area contributed by atoms with E-state index in [9.17, 15) is 8.90 Å². The summed E-state index contributed by atoms with van der Waals surface area (Å²) < 4.78 is 21.5. The number of benzene rings is 1. The van der Waals surface area contributed by atoms with Crippen LogP contribution >= 0.6 is 11.6 Å². The van der Waals surface area contributed by atoms with Crippen LogP contribution in [0.3, 0.4) is 0 Å². The molecule has 1 unspecified atom stereocenters. The maximum atomic E-state index is 14.5. The summed E-state index contributed by atoms with van der Waals surface area (Å²) >= 11 is 6.15. The molecule has 0 radical (unpaired) electrons. The fourth-order valence-corrected chi connectivity index (χ4v) is 4.15. The molecule has 1 heterocycles. The van der Waals surface area contributed by atoms with Crippen LogP contribution in [0.2, 0.25) is 10.1 Å². The predicted octanol–water partition coefficient (Wildman–Crippen LogP) is 3.93. The zero-order chi connectivity index (χ0) is 19.7. The van der Waals surface area contributed by atoms with Crippen LogP contribution in [-0.2, 0) is 12.1 Å². The predicted molar refractivity (Wildman–Crippen MR) is 107 cm³/mol. The number of ether oxygens (including phenoxy) is 1. The van der Waals surface area contributed by atoms with E-state index in [1.807, 2.05) is 65.8 Å². The van der Waals surface area contributed by atoms with Crippen LogP contribution in [0.25, 0.3) is 0 Å². The molecule has 2 aromatic rings. The molecule has 2 rings (SSSR count). The Bertz CT molecular complexity index is 823. The molecule has 0 bridgehead atoms. The third kappa shape index (κ3) is 4.74. The summed E-state index contributed by atoms with van der Waals surface area (Å²) in [6.07, 6.45) is 1.45. The van der Waals surface area contributed by atoms with Crippen molar-refractivity contribution < 1.29 is 8.84 Å². The zero-order valence-corrected chi connectivity index (χ0v) is 18.0. The SMILES string of the molecule is CC(C)(C)n1ncc(OCc2ccc([SiH](F)C(C)(C)C)cc2)c(Cl)c1=O. The number of hydrogen-bond donors (Lipinski definition) is 0. The second-order valence-corrected chi connectivity index (χ2v) is 12.0. The Kier molecular flexibility index (Phi) is 5.98. The summed E-state index contributed by atoms with van der Waals surface area (Å²) in [4.78, 5) is 12.3. The molecule has 7 heteroatoms. The lowest BCUT2D eigenvalue weighted by atomic mass is 10.1. The molecule has 1 aromatic heterocycles. The number of hydrogen-bond acceptors (Lipinski definition) is 3. The van der Waals surface area contributed by atoms with E-state index < -0.39 is 14.7 Å². The summed E-state index contributed by atoms with van der Waals surface area (Å²) in [6.45, 7) is 11.6. The van der Waals surface area contributed by atoms with Crippen molar-refractivity contribution in [2.75, 3.05) is 0 Å². The van der Waals surface area contributed by atoms with E-state index in [2.05, 4.69) is 5.10 Å². The minimum absolute atomic E-state index is 0.00973. The van der Waals surface area contributed by atoms with Gasteiger partial charge < -0.3 is 8.84 Å². The van der Waals surface area contributed by atoms with Gasteiger partial charge in [-0.3, -0.25) is 4.79 Å². The van der Waals surface area contributed by atoms with Crippen molar-refractivity contribution >= 4 is 25.9 Å². The normalized spacial score (nSPS) is 13.5. The Hall–Kier alpha value is -1.66. The maximum Gasteiger partial charge on any atom is 0.289 e. The number of rotatable bonds is 4. The first kappa shape index (κ1) is 20.6. The number of halogens is 2. The maximum absolute atomic E-state index is 14.5. The van der Waals surface area contributed by atoms with Gasteiger partial charge in [-0.25, -0.2) is 4.68 Å². The molecular formula is C19H26ClFN2O2Si. The van der Waals surface area contributed by atoms with Gasteiger partial charge in [-0.2, -0.15) is 5.10 Å². The minimum Gasteiger partial charge on any atom is -0.485 e. The van der Waals surface area contributed by atoms with Gasteiger partial charge in [0.25, 0.3) is 14.7 Å². The van der Waals surface area contributed by atoms with Gasteiger partial charge in [0, 0.05) is 0 Å². The summed E-state index contributed by atoms with van der Waals surface area (Å²) in [6, 6.07) is 7.33. The molecule has 26 heavy (non-hydrogen) atoms. The van der Waals surface area contributed by atoms with Gasteiger partial charge in [0.2, 0.25) is 0 Å². The lowest BCUT2D eigenvalue weighted by molar-refractivity contribution is 0.292. The molecule has 1 atom stereocenters. The minimum atomic E-state index is -2.50. The van der Waals surface area contributed by atoms with Crippen molar-refractivity contribution in [3.8, 4) is 5.75 Å². The molecule has 0 aliphatic carbocycles. The second-order valence-electron chi connectivity index (χ2n) is 8.47. The smallest absolute Gasteiger partial charge is 0.289 e. The van der Waals surface area contributed by atoms with Crippen LogP contribution in [0.4, 0.5) is 4.11 Å².